The molecule has 2 amide bonds. The number of hydrogen-bond acceptors (Lipinski definition) is 35. The molecule has 684 valence electrons. The minimum atomic E-state index is -1.03. The number of aliphatic hydroxyl groups excluding tert-OH is 2. The van der Waals surface area contributed by atoms with Crippen LogP contribution in [0.1, 0.15) is 27.7 Å². The van der Waals surface area contributed by atoms with Crippen LogP contribution in [0.4, 0.5) is 22.7 Å². The van der Waals surface area contributed by atoms with Gasteiger partial charge in [0.2, 0.25) is 0 Å². The first kappa shape index (κ1) is 106. The molecule has 4 rings (SSSR count). The maximum atomic E-state index is 13.9. The monoisotopic (exact) mass is 1720 g/mol. The van der Waals surface area contributed by atoms with E-state index < -0.39 is 36.0 Å². The molecule has 0 radical (unpaired) electrons. The first-order chi connectivity index (χ1) is 59.5. The molecule has 4 aromatic carbocycles. The van der Waals surface area contributed by atoms with Crippen LogP contribution in [0, 0.1) is 0 Å². The van der Waals surface area contributed by atoms with E-state index in [0.717, 1.165) is 0 Å². The number of nitrogens with zero attached hydrogens (tertiary/aromatic N) is 6. The van der Waals surface area contributed by atoms with Crippen molar-refractivity contribution in [1.82, 2.24) is 0 Å². The minimum absolute atomic E-state index is 0.00374. The number of hydrogen-bond donors (Lipinski definition) is 4. The lowest BCUT2D eigenvalue weighted by molar-refractivity contribution is -0.118. The standard InChI is InChI=1S/C84H134N8O29/c1-69(85-71(3)81(83(95)87-77-11-7-9-13-79(77)97-5)91-89-73-15-19-75(20-16-73)120-65-63-116-57-55-113-53-51-111-49-47-109-45-43-107-41-39-105-37-35-103-33-31-101-29-27-99-25-23-93)67-118-61-59-115-60-62-119-68-70(2)86-72(4)82(84(96)88-78-12-8-10-14-80(78)98-6)92-90-74-17-21-76(22-18-74)121-66-64-117-58-56-114-54-52-112-50-48-110-46-44-108-42-40-106-38-36-104-34-32-102-30-28-100-26-24-94/h7-22,71-72,81-82,93-94H,23-68H2,1-6H3,(H,87,95)(H,88,96). The van der Waals surface area contributed by atoms with Gasteiger partial charge in [0.1, 0.15) is 36.2 Å². The smallest absolute Gasteiger partial charge is 0.253 e. The molecule has 0 aromatic heterocycles. The van der Waals surface area contributed by atoms with Crippen molar-refractivity contribution in [3.8, 4) is 23.0 Å². The van der Waals surface area contributed by atoms with Crippen molar-refractivity contribution in [2.24, 2.45) is 30.4 Å². The molecule has 121 heavy (non-hydrogen) atoms. The summed E-state index contributed by atoms with van der Waals surface area (Å²) in [5, 5.41) is 41.0. The number of anilines is 2. The lowest BCUT2D eigenvalue weighted by Gasteiger charge is -2.18. The van der Waals surface area contributed by atoms with Crippen LogP contribution in [-0.4, -0.2) is 376 Å². The number of carbonyl (C=O) groups excluding carboxylic acids is 2. The van der Waals surface area contributed by atoms with E-state index in [9.17, 15) is 9.59 Å². The highest BCUT2D eigenvalue weighted by molar-refractivity contribution is 5.98. The Morgan fingerprint density at radius 1 is 0.298 bits per heavy atom. The van der Waals surface area contributed by atoms with Crippen molar-refractivity contribution in [2.45, 2.75) is 51.9 Å². The van der Waals surface area contributed by atoms with Gasteiger partial charge < -0.3 is 139 Å². The Morgan fingerprint density at radius 3 is 0.744 bits per heavy atom. The molecule has 0 fully saturated rings. The highest BCUT2D eigenvalue weighted by Gasteiger charge is 2.28. The lowest BCUT2D eigenvalue weighted by atomic mass is 10.1. The normalized spacial score (nSPS) is 13.0. The highest BCUT2D eigenvalue weighted by Crippen LogP contribution is 2.27. The van der Waals surface area contributed by atoms with E-state index in [2.05, 4.69) is 31.1 Å². The van der Waals surface area contributed by atoms with Gasteiger partial charge in [0.05, 0.1) is 340 Å². The number of carbonyl (C=O) groups is 2. The van der Waals surface area contributed by atoms with Gasteiger partial charge in [-0.25, -0.2) is 0 Å². The molecule has 4 unspecified atom stereocenters. The van der Waals surface area contributed by atoms with Gasteiger partial charge >= 0.3 is 0 Å². The van der Waals surface area contributed by atoms with Crippen molar-refractivity contribution < 1.29 is 138 Å². The number of para-hydroxylation sites is 4. The van der Waals surface area contributed by atoms with Crippen LogP contribution in [0.25, 0.3) is 0 Å². The summed E-state index contributed by atoms with van der Waals surface area (Å²) >= 11 is 0. The zero-order valence-electron chi connectivity index (χ0n) is 71.7. The van der Waals surface area contributed by atoms with Gasteiger partial charge in [-0.2, -0.15) is 20.5 Å². The quantitative estimate of drug-likeness (QED) is 0.0190. The van der Waals surface area contributed by atoms with Gasteiger partial charge in [-0.3, -0.25) is 19.6 Å². The fourth-order valence-electron chi connectivity index (χ4n) is 10.1. The Morgan fingerprint density at radius 2 is 0.512 bits per heavy atom. The van der Waals surface area contributed by atoms with Gasteiger partial charge in [0.15, 0.2) is 12.1 Å². The molecule has 0 saturated heterocycles. The Labute approximate surface area is 712 Å². The first-order valence-electron chi connectivity index (χ1n) is 41.1. The Balaban J connectivity index is 1.06. The molecular weight excluding hydrogens is 1580 g/mol. The number of aliphatic hydroxyl groups is 2. The Hall–Kier alpha value is -7.36. The SMILES string of the molecule is COc1ccccc1NC(=O)C(N=Nc1ccc(OCCOCCOCCOCCOCCOCCOCCOCCOCCOCCO)cc1)C(C)N=C(C)COCCOCCOCC(C)=NC(C)C(N=Nc1ccc(OCCOCCOCCOCCOCCOCCOCCOCCOCCOCCO)cc1)C(=O)Nc1ccccc1OC. The van der Waals surface area contributed by atoms with E-state index in [0.29, 0.717) is 308 Å². The molecule has 37 heteroatoms. The number of nitrogens with one attached hydrogen (secondary N) is 2. The van der Waals surface area contributed by atoms with Gasteiger partial charge in [0, 0.05) is 11.4 Å². The highest BCUT2D eigenvalue weighted by atomic mass is 16.6. The summed E-state index contributed by atoms with van der Waals surface area (Å²) in [4.78, 5) is 37.4. The van der Waals surface area contributed by atoms with Gasteiger partial charge in [-0.1, -0.05) is 24.3 Å². The third-order valence-electron chi connectivity index (χ3n) is 16.1. The van der Waals surface area contributed by atoms with Crippen LogP contribution in [0.2, 0.25) is 0 Å². The number of aliphatic imine (C=N–C) groups is 2. The molecule has 0 aliphatic carbocycles. The van der Waals surface area contributed by atoms with Crippen LogP contribution in [0.5, 0.6) is 23.0 Å². The molecule has 0 aliphatic heterocycles. The molecule has 0 bridgehead atoms. The van der Waals surface area contributed by atoms with Gasteiger partial charge in [-0.05, 0) is 100 Å². The zero-order valence-corrected chi connectivity index (χ0v) is 71.7. The summed E-state index contributed by atoms with van der Waals surface area (Å²) < 4.78 is 139. The molecular formula is C84H134N8O29. The fraction of sp³-hybridized carbons (Fsp3) is 0.667. The molecule has 4 atom stereocenters. The zero-order chi connectivity index (χ0) is 86.4. The molecule has 0 heterocycles. The minimum Gasteiger partial charge on any atom is -0.495 e. The fourth-order valence-corrected chi connectivity index (χ4v) is 10.1. The molecule has 4 aromatic rings. The van der Waals surface area contributed by atoms with Crippen molar-refractivity contribution >= 4 is 46.0 Å². The molecule has 37 nitrogen and oxygen atoms in total. The first-order valence-corrected chi connectivity index (χ1v) is 41.1. The molecule has 4 N–H and O–H groups in total. The second-order valence-electron chi connectivity index (χ2n) is 25.8. The van der Waals surface area contributed by atoms with Crippen LogP contribution in [0.15, 0.2) is 128 Å². The summed E-state index contributed by atoms with van der Waals surface area (Å²) in [5.41, 5.74) is 3.22. The van der Waals surface area contributed by atoms with Crippen molar-refractivity contribution in [3.05, 3.63) is 97.1 Å². The molecule has 0 aliphatic rings. The second kappa shape index (κ2) is 76.3. The third kappa shape index (κ3) is 57.7. The second-order valence-corrected chi connectivity index (χ2v) is 25.8. The molecule has 0 spiro atoms. The van der Waals surface area contributed by atoms with Crippen molar-refractivity contribution in [2.75, 3.05) is 329 Å². The van der Waals surface area contributed by atoms with E-state index in [-0.39, 0.29) is 52.9 Å². The van der Waals surface area contributed by atoms with E-state index in [1.807, 2.05) is 26.0 Å². The van der Waals surface area contributed by atoms with Crippen molar-refractivity contribution in [1.29, 1.82) is 0 Å². The molecule has 0 saturated carbocycles. The lowest BCUT2D eigenvalue weighted by Crippen LogP contribution is -2.35. The summed E-state index contributed by atoms with van der Waals surface area (Å²) in [6.45, 7) is 25.0. The van der Waals surface area contributed by atoms with E-state index >= 15 is 0 Å². The van der Waals surface area contributed by atoms with E-state index in [4.69, 9.17) is 139 Å². The summed E-state index contributed by atoms with van der Waals surface area (Å²) in [6.07, 6.45) is 0. The number of rotatable bonds is 84. The number of benzene rings is 4. The van der Waals surface area contributed by atoms with Gasteiger partial charge in [0.25, 0.3) is 11.8 Å². The topological polar surface area (TPSA) is 404 Å². The average Bonchev–Trinajstić information content (AvgIpc) is 0.850. The predicted octanol–water partition coefficient (Wildman–Crippen LogP) is 7.38. The van der Waals surface area contributed by atoms with Crippen LogP contribution in [-0.2, 0) is 109 Å². The average molecular weight is 1720 g/mol. The number of ether oxygens (including phenoxy) is 25. The maximum Gasteiger partial charge on any atom is 0.253 e. The third-order valence-corrected chi connectivity index (χ3v) is 16.1. The van der Waals surface area contributed by atoms with E-state index in [1.54, 1.807) is 98.8 Å². The maximum absolute atomic E-state index is 13.9. The Bertz CT molecular complexity index is 3040. The van der Waals surface area contributed by atoms with Crippen LogP contribution >= 0.6 is 0 Å². The summed E-state index contributed by atoms with van der Waals surface area (Å²) in [7, 11) is 3.05. The van der Waals surface area contributed by atoms with Crippen LogP contribution < -0.4 is 29.6 Å². The largest absolute Gasteiger partial charge is 0.495 e. The predicted molar refractivity (Wildman–Crippen MR) is 450 cm³/mol. The number of methoxy groups -OCH3 is 2. The number of amides is 2. The Kier molecular flexibility index (Phi) is 66.8. The van der Waals surface area contributed by atoms with Crippen LogP contribution in [0.3, 0.4) is 0 Å². The summed E-state index contributed by atoms with van der Waals surface area (Å²) in [5.74, 6) is 1.32. The van der Waals surface area contributed by atoms with Crippen molar-refractivity contribution in [3.63, 3.8) is 0 Å². The summed E-state index contributed by atoms with van der Waals surface area (Å²) in [6, 6.07) is 24.8. The number of azo groups is 2. The van der Waals surface area contributed by atoms with E-state index in [1.165, 1.54) is 14.2 Å². The van der Waals surface area contributed by atoms with Gasteiger partial charge in [-0.15, -0.1) is 0 Å².